The maximum Gasteiger partial charge on any atom is 0.0715 e. The summed E-state index contributed by atoms with van der Waals surface area (Å²) < 4.78 is 2.40. The lowest BCUT2D eigenvalue weighted by atomic mass is 9.95. The van der Waals surface area contributed by atoms with Crippen molar-refractivity contribution < 1.29 is 0 Å². The molecule has 0 N–H and O–H groups in total. The molecule has 2 heteroatoms. The van der Waals surface area contributed by atoms with Crippen LogP contribution in [0.2, 0.25) is 0 Å². The highest BCUT2D eigenvalue weighted by Crippen LogP contribution is 2.38. The normalized spacial score (nSPS) is 11.8. The molecular formula is C27H20N2. The molecule has 2 nitrogen and oxygen atoms in total. The Bertz CT molecular complexity index is 1490. The Kier molecular flexibility index (Phi) is 3.48. The van der Waals surface area contributed by atoms with Gasteiger partial charge in [-0.1, -0.05) is 60.7 Å². The number of aromatic nitrogens is 2. The van der Waals surface area contributed by atoms with Gasteiger partial charge in [-0.05, 0) is 42.8 Å². The van der Waals surface area contributed by atoms with Crippen LogP contribution in [0.25, 0.3) is 54.7 Å². The molecule has 0 saturated carbocycles. The quantitative estimate of drug-likeness (QED) is 0.294. The summed E-state index contributed by atoms with van der Waals surface area (Å²) in [5, 5.41) is 5.02. The average Bonchev–Trinajstić information content (AvgIpc) is 3.10. The maximum absolute atomic E-state index is 4.89. The summed E-state index contributed by atoms with van der Waals surface area (Å²) in [5.74, 6) is 0. The molecule has 0 saturated heterocycles. The second-order valence-electron chi connectivity index (χ2n) is 7.51. The highest BCUT2D eigenvalue weighted by Gasteiger charge is 2.14. The standard InChI is InChI=1S/C27H20N2/c1-2-29-25-14-8-5-9-19(25)22-17-18(15-16-26(22)29)27-20-10-3-6-12-23(20)28-24-13-7-4-11-21(24)27/h3-17H,2H2,1H3. The molecule has 0 radical (unpaired) electrons. The maximum atomic E-state index is 4.89. The van der Waals surface area contributed by atoms with Gasteiger partial charge in [0.2, 0.25) is 0 Å². The second kappa shape index (κ2) is 6.18. The Balaban J connectivity index is 1.76. The summed E-state index contributed by atoms with van der Waals surface area (Å²) in [5.41, 5.74) is 7.18. The van der Waals surface area contributed by atoms with Gasteiger partial charge in [-0.25, -0.2) is 4.98 Å². The van der Waals surface area contributed by atoms with Crippen molar-refractivity contribution in [2.45, 2.75) is 13.5 Å². The molecule has 4 aromatic carbocycles. The van der Waals surface area contributed by atoms with E-state index in [0.29, 0.717) is 0 Å². The molecule has 0 atom stereocenters. The largest absolute Gasteiger partial charge is 0.341 e. The van der Waals surface area contributed by atoms with Gasteiger partial charge in [-0.2, -0.15) is 0 Å². The summed E-state index contributed by atoms with van der Waals surface area (Å²) in [6.07, 6.45) is 0. The number of para-hydroxylation sites is 3. The molecule has 0 aliphatic carbocycles. The first-order chi connectivity index (χ1) is 14.3. The summed E-state index contributed by atoms with van der Waals surface area (Å²) >= 11 is 0. The van der Waals surface area contributed by atoms with Crippen molar-refractivity contribution in [1.29, 1.82) is 0 Å². The second-order valence-corrected chi connectivity index (χ2v) is 7.51. The Morgan fingerprint density at radius 2 is 1.21 bits per heavy atom. The van der Waals surface area contributed by atoms with Crippen LogP contribution in [0.3, 0.4) is 0 Å². The third kappa shape index (κ3) is 2.32. The van der Waals surface area contributed by atoms with Crippen LogP contribution >= 0.6 is 0 Å². The van der Waals surface area contributed by atoms with Crippen molar-refractivity contribution in [3.05, 3.63) is 91.0 Å². The zero-order chi connectivity index (χ0) is 19.4. The highest BCUT2D eigenvalue weighted by atomic mass is 15.0. The van der Waals surface area contributed by atoms with Crippen LogP contribution in [0, 0.1) is 0 Å². The smallest absolute Gasteiger partial charge is 0.0715 e. The SMILES string of the molecule is CCn1c2ccccc2c2cc(-c3c4ccccc4nc4ccccc34)ccc21. The molecule has 2 aromatic heterocycles. The fourth-order valence-corrected chi connectivity index (χ4v) is 4.70. The number of fused-ring (bicyclic) bond motifs is 5. The lowest BCUT2D eigenvalue weighted by Gasteiger charge is -2.12. The summed E-state index contributed by atoms with van der Waals surface area (Å²) in [4.78, 5) is 4.89. The zero-order valence-corrected chi connectivity index (χ0v) is 16.3. The minimum Gasteiger partial charge on any atom is -0.341 e. The third-order valence-electron chi connectivity index (χ3n) is 5.96. The van der Waals surface area contributed by atoms with Crippen LogP contribution in [0.1, 0.15) is 6.92 Å². The zero-order valence-electron chi connectivity index (χ0n) is 16.3. The van der Waals surface area contributed by atoms with E-state index in [2.05, 4.69) is 102 Å². The predicted molar refractivity (Wildman–Crippen MR) is 123 cm³/mol. The Hall–Kier alpha value is -3.65. The molecule has 0 fully saturated rings. The van der Waals surface area contributed by atoms with E-state index in [-0.39, 0.29) is 0 Å². The van der Waals surface area contributed by atoms with Crippen LogP contribution in [0.5, 0.6) is 0 Å². The fourth-order valence-electron chi connectivity index (χ4n) is 4.70. The first-order valence-corrected chi connectivity index (χ1v) is 10.1. The van der Waals surface area contributed by atoms with Crippen molar-refractivity contribution in [2.24, 2.45) is 0 Å². The van der Waals surface area contributed by atoms with Crippen LogP contribution in [-0.2, 0) is 6.54 Å². The van der Waals surface area contributed by atoms with Crippen LogP contribution in [-0.4, -0.2) is 9.55 Å². The van der Waals surface area contributed by atoms with E-state index in [9.17, 15) is 0 Å². The number of benzene rings is 4. The Morgan fingerprint density at radius 1 is 0.621 bits per heavy atom. The molecule has 29 heavy (non-hydrogen) atoms. The van der Waals surface area contributed by atoms with Crippen molar-refractivity contribution in [2.75, 3.05) is 0 Å². The molecule has 0 bridgehead atoms. The summed E-state index contributed by atoms with van der Waals surface area (Å²) in [6.45, 7) is 3.17. The molecule has 2 heterocycles. The topological polar surface area (TPSA) is 17.8 Å². The van der Waals surface area contributed by atoms with Gasteiger partial charge in [0.25, 0.3) is 0 Å². The van der Waals surface area contributed by atoms with Gasteiger partial charge in [0.05, 0.1) is 11.0 Å². The Morgan fingerprint density at radius 3 is 1.90 bits per heavy atom. The Labute approximate surface area is 169 Å². The van der Waals surface area contributed by atoms with Gasteiger partial charge in [0, 0.05) is 44.7 Å². The van der Waals surface area contributed by atoms with E-state index in [1.807, 2.05) is 0 Å². The van der Waals surface area contributed by atoms with Crippen LogP contribution in [0.4, 0.5) is 0 Å². The van der Waals surface area contributed by atoms with E-state index < -0.39 is 0 Å². The van der Waals surface area contributed by atoms with E-state index in [1.54, 1.807) is 0 Å². The van der Waals surface area contributed by atoms with Gasteiger partial charge in [-0.3, -0.25) is 0 Å². The summed E-state index contributed by atoms with van der Waals surface area (Å²) in [6, 6.07) is 32.5. The molecular weight excluding hydrogens is 352 g/mol. The fraction of sp³-hybridized carbons (Fsp3) is 0.0741. The number of pyridine rings is 1. The third-order valence-corrected chi connectivity index (χ3v) is 5.96. The lowest BCUT2D eigenvalue weighted by molar-refractivity contribution is 0.827. The van der Waals surface area contributed by atoms with Crippen LogP contribution < -0.4 is 0 Å². The van der Waals surface area contributed by atoms with Gasteiger partial charge >= 0.3 is 0 Å². The average molecular weight is 372 g/mol. The first-order valence-electron chi connectivity index (χ1n) is 10.1. The molecule has 6 rings (SSSR count). The summed E-state index contributed by atoms with van der Waals surface area (Å²) in [7, 11) is 0. The number of hydrogen-bond donors (Lipinski definition) is 0. The van der Waals surface area contributed by atoms with E-state index >= 15 is 0 Å². The molecule has 0 amide bonds. The van der Waals surface area contributed by atoms with Crippen molar-refractivity contribution in [1.82, 2.24) is 9.55 Å². The number of rotatable bonds is 2. The molecule has 138 valence electrons. The van der Waals surface area contributed by atoms with E-state index in [4.69, 9.17) is 4.98 Å². The molecule has 0 aliphatic rings. The molecule has 0 spiro atoms. The van der Waals surface area contributed by atoms with Crippen LogP contribution in [0.15, 0.2) is 91.0 Å². The monoisotopic (exact) mass is 372 g/mol. The predicted octanol–water partition coefficient (Wildman–Crippen LogP) is 7.18. The lowest BCUT2D eigenvalue weighted by Crippen LogP contribution is -1.93. The number of hydrogen-bond acceptors (Lipinski definition) is 1. The van der Waals surface area contributed by atoms with Crippen molar-refractivity contribution in [3.8, 4) is 11.1 Å². The van der Waals surface area contributed by atoms with Crippen molar-refractivity contribution in [3.63, 3.8) is 0 Å². The van der Waals surface area contributed by atoms with Gasteiger partial charge < -0.3 is 4.57 Å². The number of aryl methyl sites for hydroxylation is 1. The van der Waals surface area contributed by atoms with Crippen molar-refractivity contribution >= 4 is 43.6 Å². The number of nitrogens with zero attached hydrogens (tertiary/aromatic N) is 2. The van der Waals surface area contributed by atoms with Gasteiger partial charge in [-0.15, -0.1) is 0 Å². The van der Waals surface area contributed by atoms with E-state index in [1.165, 1.54) is 43.7 Å². The van der Waals surface area contributed by atoms with Gasteiger partial charge in [0.15, 0.2) is 0 Å². The molecule has 0 aliphatic heterocycles. The molecule has 6 aromatic rings. The molecule has 0 unspecified atom stereocenters. The van der Waals surface area contributed by atoms with Gasteiger partial charge in [0.1, 0.15) is 0 Å². The first kappa shape index (κ1) is 16.3. The minimum atomic E-state index is 0.963. The minimum absolute atomic E-state index is 0.963. The van der Waals surface area contributed by atoms with E-state index in [0.717, 1.165) is 17.6 Å². The highest BCUT2D eigenvalue weighted by molar-refractivity contribution is 6.13.